The summed E-state index contributed by atoms with van der Waals surface area (Å²) in [5.41, 5.74) is 0.309. The van der Waals surface area contributed by atoms with Crippen LogP contribution in [0.1, 0.15) is 5.56 Å². The highest BCUT2D eigenvalue weighted by molar-refractivity contribution is 9.10. The standard InChI is InChI=1S/C13H6BrClN2O3/c14-10-5-8(7-16)1-4-13(10)20-9-2-3-12(17(18)19)11(15)6-9/h1-6H. The molecule has 0 unspecified atom stereocenters. The van der Waals surface area contributed by atoms with Crippen LogP contribution in [0.3, 0.4) is 0 Å². The molecule has 2 aromatic rings. The molecule has 0 bridgehead atoms. The van der Waals surface area contributed by atoms with E-state index in [0.717, 1.165) is 0 Å². The summed E-state index contributed by atoms with van der Waals surface area (Å²) in [6.07, 6.45) is 0. The Labute approximate surface area is 127 Å². The highest BCUT2D eigenvalue weighted by Crippen LogP contribution is 2.34. The van der Waals surface area contributed by atoms with E-state index in [9.17, 15) is 10.1 Å². The molecule has 2 aromatic carbocycles. The number of benzene rings is 2. The molecule has 0 aliphatic carbocycles. The number of nitro benzene ring substituents is 1. The largest absolute Gasteiger partial charge is 0.456 e. The van der Waals surface area contributed by atoms with Crippen molar-refractivity contribution in [1.29, 1.82) is 5.26 Å². The second-order valence-electron chi connectivity index (χ2n) is 3.73. The van der Waals surface area contributed by atoms with Gasteiger partial charge in [0, 0.05) is 12.1 Å². The zero-order valence-corrected chi connectivity index (χ0v) is 12.2. The summed E-state index contributed by atoms with van der Waals surface area (Å²) in [5, 5.41) is 19.4. The molecule has 0 atom stereocenters. The number of nitro groups is 1. The molecule has 0 aliphatic heterocycles. The summed E-state index contributed by atoms with van der Waals surface area (Å²) in [7, 11) is 0. The van der Waals surface area contributed by atoms with E-state index in [0.29, 0.717) is 21.5 Å². The van der Waals surface area contributed by atoms with Gasteiger partial charge in [0.25, 0.3) is 5.69 Å². The van der Waals surface area contributed by atoms with Gasteiger partial charge in [0.1, 0.15) is 16.5 Å². The van der Waals surface area contributed by atoms with E-state index in [1.165, 1.54) is 18.2 Å². The fourth-order valence-corrected chi connectivity index (χ4v) is 2.18. The van der Waals surface area contributed by atoms with E-state index in [1.807, 2.05) is 6.07 Å². The molecule has 7 heteroatoms. The van der Waals surface area contributed by atoms with Gasteiger partial charge in [0.05, 0.1) is 21.0 Å². The minimum atomic E-state index is -0.566. The number of nitrogens with zero attached hydrogens (tertiary/aromatic N) is 2. The van der Waals surface area contributed by atoms with Crippen LogP contribution in [0, 0.1) is 21.4 Å². The Morgan fingerprint density at radius 3 is 2.60 bits per heavy atom. The molecule has 0 radical (unpaired) electrons. The SMILES string of the molecule is N#Cc1ccc(Oc2ccc([N+](=O)[O-])c(Cl)c2)c(Br)c1. The van der Waals surface area contributed by atoms with Gasteiger partial charge in [0.2, 0.25) is 0 Å². The van der Waals surface area contributed by atoms with Gasteiger partial charge in [0.15, 0.2) is 0 Å². The van der Waals surface area contributed by atoms with Crippen molar-refractivity contribution in [2.75, 3.05) is 0 Å². The van der Waals surface area contributed by atoms with Crippen molar-refractivity contribution in [2.24, 2.45) is 0 Å². The summed E-state index contributed by atoms with van der Waals surface area (Å²) in [6.45, 7) is 0. The maximum Gasteiger partial charge on any atom is 0.288 e. The Kier molecular flexibility index (Phi) is 4.23. The second-order valence-corrected chi connectivity index (χ2v) is 4.99. The van der Waals surface area contributed by atoms with Gasteiger partial charge in [-0.2, -0.15) is 5.26 Å². The maximum absolute atomic E-state index is 10.7. The van der Waals surface area contributed by atoms with Crippen LogP contribution >= 0.6 is 27.5 Å². The Balaban J connectivity index is 2.29. The molecule has 2 rings (SSSR count). The van der Waals surface area contributed by atoms with E-state index >= 15 is 0 Å². The summed E-state index contributed by atoms with van der Waals surface area (Å²) in [5.74, 6) is 0.847. The third-order valence-corrected chi connectivity index (χ3v) is 3.33. The molecule has 0 heterocycles. The van der Waals surface area contributed by atoms with Crippen molar-refractivity contribution in [2.45, 2.75) is 0 Å². The number of hydrogen-bond donors (Lipinski definition) is 0. The first kappa shape index (κ1) is 14.3. The second kappa shape index (κ2) is 5.90. The highest BCUT2D eigenvalue weighted by atomic mass is 79.9. The minimum Gasteiger partial charge on any atom is -0.456 e. The van der Waals surface area contributed by atoms with Crippen molar-refractivity contribution in [1.82, 2.24) is 0 Å². The van der Waals surface area contributed by atoms with E-state index in [1.54, 1.807) is 18.2 Å². The molecule has 0 saturated heterocycles. The lowest BCUT2D eigenvalue weighted by Crippen LogP contribution is -1.91. The zero-order chi connectivity index (χ0) is 14.7. The van der Waals surface area contributed by atoms with Gasteiger partial charge in [-0.25, -0.2) is 0 Å². The molecule has 0 aromatic heterocycles. The first-order chi connectivity index (χ1) is 9.51. The number of nitriles is 1. The highest BCUT2D eigenvalue weighted by Gasteiger charge is 2.13. The third kappa shape index (κ3) is 3.07. The molecule has 0 spiro atoms. The molecule has 0 fully saturated rings. The zero-order valence-electron chi connectivity index (χ0n) is 9.84. The first-order valence-corrected chi connectivity index (χ1v) is 6.50. The summed E-state index contributed by atoms with van der Waals surface area (Å²) >= 11 is 9.09. The van der Waals surface area contributed by atoms with Gasteiger partial charge < -0.3 is 4.74 Å². The summed E-state index contributed by atoms with van der Waals surface area (Å²) in [4.78, 5) is 10.1. The van der Waals surface area contributed by atoms with Crippen LogP contribution < -0.4 is 4.74 Å². The summed E-state index contributed by atoms with van der Waals surface area (Å²) in [6, 6.07) is 10.9. The third-order valence-electron chi connectivity index (χ3n) is 2.40. The molecular weight excluding hydrogens is 348 g/mol. The minimum absolute atomic E-state index is 0.00253. The van der Waals surface area contributed by atoms with Crippen LogP contribution in [0.5, 0.6) is 11.5 Å². The Morgan fingerprint density at radius 2 is 2.05 bits per heavy atom. The predicted molar refractivity (Wildman–Crippen MR) is 77.0 cm³/mol. The van der Waals surface area contributed by atoms with Crippen molar-refractivity contribution in [3.63, 3.8) is 0 Å². The molecule has 0 saturated carbocycles. The van der Waals surface area contributed by atoms with E-state index in [-0.39, 0.29) is 10.7 Å². The van der Waals surface area contributed by atoms with Crippen LogP contribution in [-0.4, -0.2) is 4.92 Å². The molecule has 100 valence electrons. The van der Waals surface area contributed by atoms with E-state index in [4.69, 9.17) is 21.6 Å². The van der Waals surface area contributed by atoms with Crippen molar-refractivity contribution in [3.8, 4) is 17.6 Å². The van der Waals surface area contributed by atoms with Crippen LogP contribution in [0.15, 0.2) is 40.9 Å². The normalized spacial score (nSPS) is 9.85. The van der Waals surface area contributed by atoms with Crippen molar-refractivity contribution < 1.29 is 9.66 Å². The molecule has 0 aliphatic rings. The lowest BCUT2D eigenvalue weighted by Gasteiger charge is -2.08. The maximum atomic E-state index is 10.7. The first-order valence-electron chi connectivity index (χ1n) is 5.32. The Hall–Kier alpha value is -2.10. The Bertz CT molecular complexity index is 728. The lowest BCUT2D eigenvalue weighted by atomic mass is 10.2. The average molecular weight is 354 g/mol. The number of rotatable bonds is 3. The molecule has 5 nitrogen and oxygen atoms in total. The fraction of sp³-hybridized carbons (Fsp3) is 0. The number of hydrogen-bond acceptors (Lipinski definition) is 4. The molecule has 20 heavy (non-hydrogen) atoms. The van der Waals surface area contributed by atoms with Gasteiger partial charge in [-0.3, -0.25) is 10.1 Å². The van der Waals surface area contributed by atoms with E-state index in [2.05, 4.69) is 15.9 Å². The molecular formula is C13H6BrClN2O3. The lowest BCUT2D eigenvalue weighted by molar-refractivity contribution is -0.384. The predicted octanol–water partition coefficient (Wildman–Crippen LogP) is 4.67. The Morgan fingerprint density at radius 1 is 1.30 bits per heavy atom. The van der Waals surface area contributed by atoms with Crippen LogP contribution in [0.25, 0.3) is 0 Å². The quantitative estimate of drug-likeness (QED) is 0.593. The van der Waals surface area contributed by atoms with E-state index < -0.39 is 4.92 Å². The monoisotopic (exact) mass is 352 g/mol. The topological polar surface area (TPSA) is 76.2 Å². The van der Waals surface area contributed by atoms with Gasteiger partial charge in [-0.05, 0) is 40.2 Å². The average Bonchev–Trinajstić information content (AvgIpc) is 2.40. The number of ether oxygens (including phenoxy) is 1. The van der Waals surface area contributed by atoms with Crippen LogP contribution in [0.2, 0.25) is 5.02 Å². The molecule has 0 amide bonds. The summed E-state index contributed by atoms with van der Waals surface area (Å²) < 4.78 is 6.16. The smallest absolute Gasteiger partial charge is 0.288 e. The van der Waals surface area contributed by atoms with Gasteiger partial charge in [-0.1, -0.05) is 11.6 Å². The van der Waals surface area contributed by atoms with Gasteiger partial charge in [-0.15, -0.1) is 0 Å². The van der Waals surface area contributed by atoms with Crippen molar-refractivity contribution >= 4 is 33.2 Å². The van der Waals surface area contributed by atoms with Gasteiger partial charge >= 0.3 is 0 Å². The van der Waals surface area contributed by atoms with Crippen LogP contribution in [-0.2, 0) is 0 Å². The molecule has 0 N–H and O–H groups in total. The fourth-order valence-electron chi connectivity index (χ4n) is 1.48. The van der Waals surface area contributed by atoms with Crippen LogP contribution in [0.4, 0.5) is 5.69 Å². The number of halogens is 2. The van der Waals surface area contributed by atoms with Crippen molar-refractivity contribution in [3.05, 3.63) is 61.6 Å².